The molecule has 1 atom stereocenters. The largest absolute Gasteiger partial charge is 0.364 e. The highest BCUT2D eigenvalue weighted by atomic mass is 16.5. The van der Waals surface area contributed by atoms with Gasteiger partial charge in [0.05, 0.1) is 18.4 Å². The lowest BCUT2D eigenvalue weighted by Gasteiger charge is -2.35. The molecule has 138 valence electrons. The van der Waals surface area contributed by atoms with E-state index in [0.717, 1.165) is 38.4 Å². The molecule has 0 N–H and O–H groups in total. The van der Waals surface area contributed by atoms with Crippen molar-refractivity contribution in [1.29, 1.82) is 0 Å². The number of fused-ring (bicyclic) bond motifs is 1. The third kappa shape index (κ3) is 3.17. The van der Waals surface area contributed by atoms with Crippen molar-refractivity contribution in [3.63, 3.8) is 0 Å². The summed E-state index contributed by atoms with van der Waals surface area (Å²) >= 11 is 0. The molecule has 5 rings (SSSR count). The molecule has 0 saturated carbocycles. The Morgan fingerprint density at radius 1 is 1.07 bits per heavy atom. The Hall–Kier alpha value is -2.50. The second-order valence-corrected chi connectivity index (χ2v) is 7.80. The quantitative estimate of drug-likeness (QED) is 0.718. The van der Waals surface area contributed by atoms with Gasteiger partial charge < -0.3 is 9.30 Å². The summed E-state index contributed by atoms with van der Waals surface area (Å²) in [7, 11) is 0. The van der Waals surface area contributed by atoms with E-state index in [4.69, 9.17) is 4.74 Å². The highest BCUT2D eigenvalue weighted by Gasteiger charge is 2.43. The molecule has 2 aliphatic rings. The first-order valence-electron chi connectivity index (χ1n) is 9.57. The number of likely N-dealkylation sites (tertiary alicyclic amines) is 1. The number of rotatable bonds is 3. The highest BCUT2D eigenvalue weighted by Crippen LogP contribution is 2.35. The zero-order valence-electron chi connectivity index (χ0n) is 15.6. The number of hydrogen-bond donors (Lipinski definition) is 0. The molecular formula is C22H24N4O. The molecule has 5 nitrogen and oxygen atoms in total. The molecule has 1 fully saturated rings. The number of aryl methyl sites for hydroxylation is 1. The van der Waals surface area contributed by atoms with E-state index in [1.165, 1.54) is 22.4 Å². The third-order valence-electron chi connectivity index (χ3n) is 5.79. The summed E-state index contributed by atoms with van der Waals surface area (Å²) in [5.41, 5.74) is 4.89. The summed E-state index contributed by atoms with van der Waals surface area (Å²) in [6.07, 6.45) is 6.78. The number of pyridine rings is 1. The van der Waals surface area contributed by atoms with Gasteiger partial charge in [-0.05, 0) is 36.6 Å². The second-order valence-electron chi connectivity index (χ2n) is 7.80. The molecule has 1 spiro atoms. The number of nitrogens with zero attached hydrogens (tertiary/aromatic N) is 4. The summed E-state index contributed by atoms with van der Waals surface area (Å²) in [5.74, 6) is 1.03. The van der Waals surface area contributed by atoms with Gasteiger partial charge >= 0.3 is 0 Å². The summed E-state index contributed by atoms with van der Waals surface area (Å²) in [6.45, 7) is 6.56. The van der Waals surface area contributed by atoms with Crippen LogP contribution in [0.15, 0.2) is 55.0 Å². The number of hydrogen-bond acceptors (Lipinski definition) is 4. The Bertz CT molecular complexity index is 935. The number of benzene rings is 1. The van der Waals surface area contributed by atoms with Crippen LogP contribution in [0.25, 0.3) is 11.3 Å². The van der Waals surface area contributed by atoms with Crippen LogP contribution in [0.4, 0.5) is 0 Å². The summed E-state index contributed by atoms with van der Waals surface area (Å²) in [6, 6.07) is 12.9. The normalized spacial score (nSPS) is 22.3. The second kappa shape index (κ2) is 6.59. The molecule has 5 heteroatoms. The third-order valence-corrected chi connectivity index (χ3v) is 5.79. The fourth-order valence-corrected chi connectivity index (χ4v) is 4.27. The van der Waals surface area contributed by atoms with Crippen LogP contribution in [0.3, 0.4) is 0 Å². The van der Waals surface area contributed by atoms with Crippen LogP contribution in [-0.4, -0.2) is 38.1 Å². The van der Waals surface area contributed by atoms with Gasteiger partial charge in [-0.15, -0.1) is 0 Å². The molecule has 0 amide bonds. The first kappa shape index (κ1) is 16.7. The average Bonchev–Trinajstić information content (AvgIpc) is 3.28. The Kier molecular flexibility index (Phi) is 4.06. The number of aromatic nitrogens is 3. The van der Waals surface area contributed by atoms with Crippen LogP contribution >= 0.6 is 0 Å². The first-order chi connectivity index (χ1) is 13.2. The molecule has 2 aliphatic heterocycles. The van der Waals surface area contributed by atoms with Gasteiger partial charge in [0.25, 0.3) is 0 Å². The fourth-order valence-electron chi connectivity index (χ4n) is 4.27. The molecule has 1 saturated heterocycles. The van der Waals surface area contributed by atoms with Gasteiger partial charge in [0.1, 0.15) is 18.0 Å². The van der Waals surface area contributed by atoms with Crippen LogP contribution in [0.1, 0.15) is 23.4 Å². The molecular weight excluding hydrogens is 336 g/mol. The summed E-state index contributed by atoms with van der Waals surface area (Å²) in [5, 5.41) is 0. The Morgan fingerprint density at radius 3 is 2.70 bits per heavy atom. The van der Waals surface area contributed by atoms with Crippen molar-refractivity contribution in [3.05, 3.63) is 71.9 Å². The predicted octanol–water partition coefficient (Wildman–Crippen LogP) is 3.43. The zero-order chi connectivity index (χ0) is 18.3. The number of ether oxygens (including phenoxy) is 1. The molecule has 1 aromatic carbocycles. The highest BCUT2D eigenvalue weighted by molar-refractivity contribution is 5.60. The van der Waals surface area contributed by atoms with Crippen molar-refractivity contribution in [3.8, 4) is 11.3 Å². The standard InChI is InChI=1S/C22H24N4O/c1-17-2-4-19(5-3-17)20-12-24-21-14-27-22(16-26(20)21)8-11-25(15-22)13-18-6-9-23-10-7-18/h2-7,9-10,12H,8,11,13-16H2,1H3/t22-/m1/s1. The van der Waals surface area contributed by atoms with Crippen molar-refractivity contribution in [2.24, 2.45) is 0 Å². The van der Waals surface area contributed by atoms with Gasteiger partial charge in [0.15, 0.2) is 0 Å². The average molecular weight is 360 g/mol. The smallest absolute Gasteiger partial charge is 0.135 e. The lowest BCUT2D eigenvalue weighted by atomic mass is 10.0. The topological polar surface area (TPSA) is 43.2 Å². The van der Waals surface area contributed by atoms with Crippen molar-refractivity contribution < 1.29 is 4.74 Å². The Morgan fingerprint density at radius 2 is 1.89 bits per heavy atom. The number of imidazole rings is 1. The van der Waals surface area contributed by atoms with E-state index in [1.807, 2.05) is 18.6 Å². The van der Waals surface area contributed by atoms with Gasteiger partial charge in [-0.2, -0.15) is 0 Å². The fraction of sp³-hybridized carbons (Fsp3) is 0.364. The Balaban J connectivity index is 1.36. The molecule has 3 aromatic rings. The van der Waals surface area contributed by atoms with E-state index in [0.29, 0.717) is 6.61 Å². The van der Waals surface area contributed by atoms with Gasteiger partial charge in [0, 0.05) is 32.0 Å². The molecule has 2 aromatic heterocycles. The Labute approximate surface area is 159 Å². The van der Waals surface area contributed by atoms with Crippen LogP contribution in [0.5, 0.6) is 0 Å². The molecule has 0 unspecified atom stereocenters. The first-order valence-corrected chi connectivity index (χ1v) is 9.57. The minimum Gasteiger partial charge on any atom is -0.364 e. The maximum Gasteiger partial charge on any atom is 0.135 e. The summed E-state index contributed by atoms with van der Waals surface area (Å²) in [4.78, 5) is 11.2. The molecule has 0 radical (unpaired) electrons. The van der Waals surface area contributed by atoms with E-state index < -0.39 is 0 Å². The zero-order valence-corrected chi connectivity index (χ0v) is 15.6. The van der Waals surface area contributed by atoms with Crippen molar-refractivity contribution in [2.45, 2.75) is 38.6 Å². The minimum atomic E-state index is -0.111. The van der Waals surface area contributed by atoms with E-state index in [9.17, 15) is 0 Å². The van der Waals surface area contributed by atoms with E-state index in [-0.39, 0.29) is 5.60 Å². The minimum absolute atomic E-state index is 0.111. The summed E-state index contributed by atoms with van der Waals surface area (Å²) < 4.78 is 8.72. The van der Waals surface area contributed by atoms with Crippen molar-refractivity contribution >= 4 is 0 Å². The molecule has 4 heterocycles. The van der Waals surface area contributed by atoms with Crippen LogP contribution < -0.4 is 0 Å². The predicted molar refractivity (Wildman–Crippen MR) is 104 cm³/mol. The van der Waals surface area contributed by atoms with Crippen molar-refractivity contribution in [2.75, 3.05) is 13.1 Å². The van der Waals surface area contributed by atoms with Crippen LogP contribution in [0.2, 0.25) is 0 Å². The maximum absolute atomic E-state index is 6.35. The van der Waals surface area contributed by atoms with Crippen LogP contribution in [0, 0.1) is 6.92 Å². The van der Waals surface area contributed by atoms with Gasteiger partial charge in [-0.1, -0.05) is 29.8 Å². The van der Waals surface area contributed by atoms with Gasteiger partial charge in [0.2, 0.25) is 0 Å². The monoisotopic (exact) mass is 360 g/mol. The maximum atomic E-state index is 6.35. The molecule has 0 bridgehead atoms. The lowest BCUT2D eigenvalue weighted by Crippen LogP contribution is -2.44. The van der Waals surface area contributed by atoms with E-state index in [2.05, 4.69) is 62.8 Å². The van der Waals surface area contributed by atoms with Gasteiger partial charge in [-0.3, -0.25) is 9.88 Å². The SMILES string of the molecule is Cc1ccc(-c2cnc3n2C[C@]2(CCN(Cc4ccncc4)C2)OC3)cc1. The molecule has 27 heavy (non-hydrogen) atoms. The van der Waals surface area contributed by atoms with Gasteiger partial charge in [-0.25, -0.2) is 4.98 Å². The molecule has 0 aliphatic carbocycles. The van der Waals surface area contributed by atoms with Crippen LogP contribution in [-0.2, 0) is 24.4 Å². The van der Waals surface area contributed by atoms with Crippen molar-refractivity contribution in [1.82, 2.24) is 19.4 Å². The van der Waals surface area contributed by atoms with E-state index in [1.54, 1.807) is 0 Å². The lowest BCUT2D eigenvalue weighted by molar-refractivity contribution is -0.0821. The van der Waals surface area contributed by atoms with E-state index >= 15 is 0 Å².